The van der Waals surface area contributed by atoms with Crippen molar-refractivity contribution in [2.75, 3.05) is 19.7 Å². The van der Waals surface area contributed by atoms with Gasteiger partial charge in [0, 0.05) is 31.5 Å². The third kappa shape index (κ3) is 5.07. The summed E-state index contributed by atoms with van der Waals surface area (Å²) in [7, 11) is 0. The molecular formula is C20H27NO5. The fourth-order valence-corrected chi connectivity index (χ4v) is 3.11. The second-order valence-electron chi connectivity index (χ2n) is 7.08. The monoisotopic (exact) mass is 361 g/mol. The lowest BCUT2D eigenvalue weighted by atomic mass is 9.82. The number of ketones is 1. The first-order valence-corrected chi connectivity index (χ1v) is 9.13. The van der Waals surface area contributed by atoms with Crippen molar-refractivity contribution >= 4 is 17.7 Å². The molecule has 1 aromatic rings. The summed E-state index contributed by atoms with van der Waals surface area (Å²) in [5.74, 6) is -0.413. The van der Waals surface area contributed by atoms with Gasteiger partial charge in [0.05, 0.1) is 12.0 Å². The van der Waals surface area contributed by atoms with Gasteiger partial charge in [0.1, 0.15) is 5.75 Å². The number of carboxylic acids is 1. The summed E-state index contributed by atoms with van der Waals surface area (Å²) in [5.41, 5.74) is -0.345. The topological polar surface area (TPSA) is 83.9 Å². The van der Waals surface area contributed by atoms with E-state index in [-0.39, 0.29) is 31.1 Å². The minimum Gasteiger partial charge on any atom is -0.494 e. The molecule has 1 aliphatic rings. The summed E-state index contributed by atoms with van der Waals surface area (Å²) < 4.78 is 5.49. The molecular weight excluding hydrogens is 334 g/mol. The lowest BCUT2D eigenvalue weighted by Gasteiger charge is -2.37. The number of benzene rings is 1. The summed E-state index contributed by atoms with van der Waals surface area (Å²) in [4.78, 5) is 37.6. The SMILES string of the molecule is CCCOc1ccc(C(=O)CCC(=O)N2CCCC(C)(C(=O)O)C2)cc1. The molecule has 6 nitrogen and oxygen atoms in total. The maximum Gasteiger partial charge on any atom is 0.311 e. The minimum atomic E-state index is -0.897. The molecule has 0 aliphatic carbocycles. The van der Waals surface area contributed by atoms with Crippen LogP contribution in [-0.2, 0) is 9.59 Å². The van der Waals surface area contributed by atoms with Crippen LogP contribution in [0.1, 0.15) is 56.3 Å². The van der Waals surface area contributed by atoms with Gasteiger partial charge in [0.15, 0.2) is 5.78 Å². The number of aliphatic carboxylic acids is 1. The third-order valence-electron chi connectivity index (χ3n) is 4.78. The van der Waals surface area contributed by atoms with Crippen molar-refractivity contribution in [1.82, 2.24) is 4.90 Å². The van der Waals surface area contributed by atoms with Gasteiger partial charge in [0.2, 0.25) is 5.91 Å². The Morgan fingerprint density at radius 3 is 2.50 bits per heavy atom. The highest BCUT2D eigenvalue weighted by Crippen LogP contribution is 2.30. The van der Waals surface area contributed by atoms with Crippen LogP contribution in [0.4, 0.5) is 0 Å². The van der Waals surface area contributed by atoms with Crippen LogP contribution in [0, 0.1) is 5.41 Å². The van der Waals surface area contributed by atoms with Crippen molar-refractivity contribution in [3.05, 3.63) is 29.8 Å². The number of nitrogens with zero attached hydrogens (tertiary/aromatic N) is 1. The van der Waals surface area contributed by atoms with Gasteiger partial charge in [-0.2, -0.15) is 0 Å². The van der Waals surface area contributed by atoms with Crippen molar-refractivity contribution in [3.8, 4) is 5.75 Å². The number of amides is 1. The number of hydrogen-bond acceptors (Lipinski definition) is 4. The van der Waals surface area contributed by atoms with E-state index in [1.807, 2.05) is 6.92 Å². The molecule has 1 aliphatic heterocycles. The van der Waals surface area contributed by atoms with E-state index in [4.69, 9.17) is 4.74 Å². The normalized spacial score (nSPS) is 19.8. The van der Waals surface area contributed by atoms with Gasteiger partial charge in [0.25, 0.3) is 0 Å². The van der Waals surface area contributed by atoms with E-state index in [0.29, 0.717) is 31.6 Å². The highest BCUT2D eigenvalue weighted by Gasteiger charge is 2.39. The summed E-state index contributed by atoms with van der Waals surface area (Å²) >= 11 is 0. The third-order valence-corrected chi connectivity index (χ3v) is 4.78. The fourth-order valence-electron chi connectivity index (χ4n) is 3.11. The van der Waals surface area contributed by atoms with Gasteiger partial charge in [-0.25, -0.2) is 0 Å². The summed E-state index contributed by atoms with van der Waals surface area (Å²) in [5, 5.41) is 9.34. The molecule has 1 atom stereocenters. The number of likely N-dealkylation sites (tertiary alicyclic amines) is 1. The van der Waals surface area contributed by atoms with Crippen molar-refractivity contribution in [2.24, 2.45) is 5.41 Å². The summed E-state index contributed by atoms with van der Waals surface area (Å²) in [6.45, 7) is 5.09. The Morgan fingerprint density at radius 2 is 1.88 bits per heavy atom. The number of carbonyl (C=O) groups is 3. The van der Waals surface area contributed by atoms with Gasteiger partial charge < -0.3 is 14.7 Å². The van der Waals surface area contributed by atoms with Crippen LogP contribution in [0.2, 0.25) is 0 Å². The number of carbonyl (C=O) groups excluding carboxylic acids is 2. The van der Waals surface area contributed by atoms with Gasteiger partial charge >= 0.3 is 5.97 Å². The molecule has 1 fully saturated rings. The quantitative estimate of drug-likeness (QED) is 0.719. The predicted octanol–water partition coefficient (Wildman–Crippen LogP) is 3.15. The highest BCUT2D eigenvalue weighted by atomic mass is 16.5. The number of ether oxygens (including phenoxy) is 1. The van der Waals surface area contributed by atoms with Crippen LogP contribution in [0.15, 0.2) is 24.3 Å². The van der Waals surface area contributed by atoms with Crippen LogP contribution >= 0.6 is 0 Å². The molecule has 1 aromatic carbocycles. The molecule has 1 heterocycles. The van der Waals surface area contributed by atoms with Gasteiger partial charge in [-0.15, -0.1) is 0 Å². The first kappa shape index (κ1) is 19.9. The predicted molar refractivity (Wildman–Crippen MR) is 97.3 cm³/mol. The molecule has 0 aromatic heterocycles. The Morgan fingerprint density at radius 1 is 1.19 bits per heavy atom. The van der Waals surface area contributed by atoms with E-state index >= 15 is 0 Å². The molecule has 1 amide bonds. The molecule has 0 bridgehead atoms. The van der Waals surface area contributed by atoms with Crippen molar-refractivity contribution in [3.63, 3.8) is 0 Å². The summed E-state index contributed by atoms with van der Waals surface area (Å²) in [6.07, 6.45) is 2.37. The van der Waals surface area contributed by atoms with E-state index in [9.17, 15) is 19.5 Å². The zero-order valence-corrected chi connectivity index (χ0v) is 15.5. The summed E-state index contributed by atoms with van der Waals surface area (Å²) in [6, 6.07) is 6.93. The van der Waals surface area contributed by atoms with Crippen LogP contribution in [-0.4, -0.2) is 47.4 Å². The molecule has 2 rings (SSSR count). The first-order chi connectivity index (χ1) is 12.4. The lowest BCUT2D eigenvalue weighted by molar-refractivity contribution is -0.153. The molecule has 26 heavy (non-hydrogen) atoms. The molecule has 1 N–H and O–H groups in total. The van der Waals surface area contributed by atoms with Crippen LogP contribution in [0.3, 0.4) is 0 Å². The van der Waals surface area contributed by atoms with Crippen molar-refractivity contribution < 1.29 is 24.2 Å². The van der Waals surface area contributed by atoms with E-state index in [1.165, 1.54) is 0 Å². The maximum atomic E-state index is 12.4. The average molecular weight is 361 g/mol. The largest absolute Gasteiger partial charge is 0.494 e. The van der Waals surface area contributed by atoms with E-state index in [0.717, 1.165) is 12.2 Å². The van der Waals surface area contributed by atoms with Crippen LogP contribution in [0.5, 0.6) is 5.75 Å². The molecule has 0 spiro atoms. The number of piperidine rings is 1. The smallest absolute Gasteiger partial charge is 0.311 e. The Balaban J connectivity index is 1.86. The van der Waals surface area contributed by atoms with Gasteiger partial charge in [-0.1, -0.05) is 6.92 Å². The van der Waals surface area contributed by atoms with Crippen molar-refractivity contribution in [1.29, 1.82) is 0 Å². The Kier molecular flexibility index (Phi) is 6.77. The Hall–Kier alpha value is -2.37. The van der Waals surface area contributed by atoms with Gasteiger partial charge in [-0.3, -0.25) is 14.4 Å². The zero-order chi connectivity index (χ0) is 19.2. The number of rotatable bonds is 8. The molecule has 1 unspecified atom stereocenters. The van der Waals surface area contributed by atoms with Crippen LogP contribution < -0.4 is 4.74 Å². The Bertz CT molecular complexity index is 655. The molecule has 1 saturated heterocycles. The second kappa shape index (κ2) is 8.83. The minimum absolute atomic E-state index is 0.0987. The maximum absolute atomic E-state index is 12.4. The Labute approximate surface area is 154 Å². The molecule has 6 heteroatoms. The molecule has 142 valence electrons. The van der Waals surface area contributed by atoms with Crippen molar-refractivity contribution in [2.45, 2.75) is 46.0 Å². The molecule has 0 saturated carbocycles. The van der Waals surface area contributed by atoms with E-state index < -0.39 is 11.4 Å². The van der Waals surface area contributed by atoms with E-state index in [2.05, 4.69) is 0 Å². The first-order valence-electron chi connectivity index (χ1n) is 9.13. The molecule has 0 radical (unpaired) electrons. The second-order valence-corrected chi connectivity index (χ2v) is 7.08. The standard InChI is InChI=1S/C20H27NO5/c1-3-13-26-16-7-5-15(6-8-16)17(22)9-10-18(23)21-12-4-11-20(2,14-21)19(24)25/h5-8H,3-4,9-14H2,1-2H3,(H,24,25). The van der Waals surface area contributed by atoms with E-state index in [1.54, 1.807) is 36.1 Å². The van der Waals surface area contributed by atoms with Gasteiger partial charge in [-0.05, 0) is 50.5 Å². The lowest BCUT2D eigenvalue weighted by Crippen LogP contribution is -2.48. The number of hydrogen-bond donors (Lipinski definition) is 1. The fraction of sp³-hybridized carbons (Fsp3) is 0.550. The highest BCUT2D eigenvalue weighted by molar-refractivity contribution is 5.98. The zero-order valence-electron chi connectivity index (χ0n) is 15.5. The average Bonchev–Trinajstić information content (AvgIpc) is 2.64. The number of carboxylic acid groups (broad SMARTS) is 1. The van der Waals surface area contributed by atoms with Crippen LogP contribution in [0.25, 0.3) is 0 Å². The number of Topliss-reactive ketones (excluding diaryl/α,β-unsaturated/α-hetero) is 1.